The van der Waals surface area contributed by atoms with E-state index in [1.807, 2.05) is 0 Å². The zero-order valence-corrected chi connectivity index (χ0v) is 11.5. The summed E-state index contributed by atoms with van der Waals surface area (Å²) in [7, 11) is 0. The molecule has 0 aromatic heterocycles. The second-order valence-electron chi connectivity index (χ2n) is 6.10. The highest BCUT2D eigenvalue weighted by atomic mass is 16.3. The highest BCUT2D eigenvalue weighted by Gasteiger charge is 2.40. The second-order valence-corrected chi connectivity index (χ2v) is 6.10. The van der Waals surface area contributed by atoms with Gasteiger partial charge in [-0.05, 0) is 37.2 Å². The Kier molecular flexibility index (Phi) is 4.08. The van der Waals surface area contributed by atoms with Gasteiger partial charge in [0.1, 0.15) is 0 Å². The first-order valence-electron chi connectivity index (χ1n) is 7.05. The van der Waals surface area contributed by atoms with Crippen molar-refractivity contribution in [3.05, 3.63) is 35.9 Å². The van der Waals surface area contributed by atoms with Gasteiger partial charge in [-0.2, -0.15) is 0 Å². The van der Waals surface area contributed by atoms with Crippen molar-refractivity contribution in [3.63, 3.8) is 0 Å². The van der Waals surface area contributed by atoms with Crippen molar-refractivity contribution in [1.82, 2.24) is 0 Å². The summed E-state index contributed by atoms with van der Waals surface area (Å²) in [5, 5.41) is 9.68. The largest absolute Gasteiger partial charge is 0.393 e. The monoisotopic (exact) mass is 247 g/mol. The zero-order chi connectivity index (χ0) is 13.2. The maximum Gasteiger partial charge on any atom is 0.0541 e. The molecule has 0 radical (unpaired) electrons. The lowest BCUT2D eigenvalue weighted by atomic mass is 9.66. The summed E-state index contributed by atoms with van der Waals surface area (Å²) < 4.78 is 0. The minimum Gasteiger partial charge on any atom is -0.393 e. The van der Waals surface area contributed by atoms with E-state index < -0.39 is 0 Å². The Hall–Kier alpha value is -0.860. The van der Waals surface area contributed by atoms with Crippen molar-refractivity contribution in [2.24, 2.45) is 11.7 Å². The molecule has 2 nitrogen and oxygen atoms in total. The first-order valence-corrected chi connectivity index (χ1v) is 7.05. The van der Waals surface area contributed by atoms with Gasteiger partial charge in [0.05, 0.1) is 6.10 Å². The van der Waals surface area contributed by atoms with E-state index in [1.54, 1.807) is 0 Å². The fourth-order valence-corrected chi connectivity index (χ4v) is 3.49. The van der Waals surface area contributed by atoms with E-state index in [-0.39, 0.29) is 11.6 Å². The number of hydrogen-bond acceptors (Lipinski definition) is 2. The van der Waals surface area contributed by atoms with E-state index in [9.17, 15) is 5.11 Å². The van der Waals surface area contributed by atoms with E-state index in [4.69, 9.17) is 5.73 Å². The summed E-state index contributed by atoms with van der Waals surface area (Å²) in [6.07, 6.45) is 3.38. The molecule has 0 aliphatic heterocycles. The Bertz CT molecular complexity index is 366. The summed E-state index contributed by atoms with van der Waals surface area (Å²) in [6, 6.07) is 10.6. The molecule has 18 heavy (non-hydrogen) atoms. The summed E-state index contributed by atoms with van der Waals surface area (Å²) in [5.74, 6) is 0.902. The van der Waals surface area contributed by atoms with Crippen LogP contribution in [0.4, 0.5) is 0 Å². The molecule has 1 aliphatic rings. The third-order valence-corrected chi connectivity index (χ3v) is 4.33. The summed E-state index contributed by atoms with van der Waals surface area (Å²) in [5.41, 5.74) is 7.87. The van der Waals surface area contributed by atoms with Gasteiger partial charge in [-0.15, -0.1) is 0 Å². The van der Waals surface area contributed by atoms with Gasteiger partial charge in [0, 0.05) is 11.5 Å². The fourth-order valence-electron chi connectivity index (χ4n) is 3.49. The van der Waals surface area contributed by atoms with Crippen LogP contribution in [-0.2, 0) is 0 Å². The van der Waals surface area contributed by atoms with Crippen LogP contribution in [0.2, 0.25) is 0 Å². The van der Waals surface area contributed by atoms with Gasteiger partial charge in [0.25, 0.3) is 0 Å². The first kappa shape index (κ1) is 13.6. The molecule has 0 heterocycles. The Morgan fingerprint density at radius 2 is 1.72 bits per heavy atom. The Morgan fingerprint density at radius 3 is 2.22 bits per heavy atom. The molecular weight excluding hydrogens is 222 g/mol. The highest BCUT2D eigenvalue weighted by molar-refractivity contribution is 5.25. The Morgan fingerprint density at radius 1 is 1.17 bits per heavy atom. The standard InChI is InChI=1S/C16H25NO/c1-12(2)15(13-6-4-3-5-7-13)16(17)10-8-14(18)9-11-16/h3-7,12,14-15,18H,8-11,17H2,1-2H3. The van der Waals surface area contributed by atoms with Gasteiger partial charge < -0.3 is 10.8 Å². The molecule has 1 aliphatic carbocycles. The molecule has 0 spiro atoms. The average molecular weight is 247 g/mol. The van der Waals surface area contributed by atoms with Gasteiger partial charge >= 0.3 is 0 Å². The number of aliphatic hydroxyl groups excluding tert-OH is 1. The van der Waals surface area contributed by atoms with Crippen LogP contribution in [0.15, 0.2) is 30.3 Å². The van der Waals surface area contributed by atoms with Crippen molar-refractivity contribution < 1.29 is 5.11 Å². The molecule has 2 heteroatoms. The predicted molar refractivity (Wildman–Crippen MR) is 75.4 cm³/mol. The number of benzene rings is 1. The minimum atomic E-state index is -0.158. The molecule has 1 saturated carbocycles. The van der Waals surface area contributed by atoms with Crippen LogP contribution in [0.25, 0.3) is 0 Å². The lowest BCUT2D eigenvalue weighted by molar-refractivity contribution is 0.0806. The predicted octanol–water partition coefficient (Wildman–Crippen LogP) is 3.06. The van der Waals surface area contributed by atoms with E-state index in [0.717, 1.165) is 25.7 Å². The maximum atomic E-state index is 9.68. The van der Waals surface area contributed by atoms with E-state index in [2.05, 4.69) is 44.2 Å². The van der Waals surface area contributed by atoms with Crippen molar-refractivity contribution in [3.8, 4) is 0 Å². The quantitative estimate of drug-likeness (QED) is 0.862. The van der Waals surface area contributed by atoms with Crippen LogP contribution < -0.4 is 5.73 Å². The maximum absolute atomic E-state index is 9.68. The van der Waals surface area contributed by atoms with Crippen molar-refractivity contribution in [2.75, 3.05) is 0 Å². The molecule has 0 bridgehead atoms. The van der Waals surface area contributed by atoms with Gasteiger partial charge in [-0.25, -0.2) is 0 Å². The van der Waals surface area contributed by atoms with Crippen LogP contribution in [0.5, 0.6) is 0 Å². The molecule has 1 aromatic carbocycles. The van der Waals surface area contributed by atoms with Crippen LogP contribution in [0, 0.1) is 5.92 Å². The van der Waals surface area contributed by atoms with Gasteiger partial charge in [-0.3, -0.25) is 0 Å². The number of nitrogens with two attached hydrogens (primary N) is 1. The molecule has 3 N–H and O–H groups in total. The number of rotatable bonds is 3. The third kappa shape index (κ3) is 2.76. The first-order chi connectivity index (χ1) is 8.53. The SMILES string of the molecule is CC(C)C(c1ccccc1)C1(N)CCC(O)CC1. The van der Waals surface area contributed by atoms with Gasteiger partial charge in [0.2, 0.25) is 0 Å². The highest BCUT2D eigenvalue weighted by Crippen LogP contribution is 2.42. The molecule has 100 valence electrons. The molecule has 0 amide bonds. The number of aliphatic hydroxyl groups is 1. The van der Waals surface area contributed by atoms with Gasteiger partial charge in [0.15, 0.2) is 0 Å². The second kappa shape index (κ2) is 5.41. The van der Waals surface area contributed by atoms with Crippen LogP contribution >= 0.6 is 0 Å². The smallest absolute Gasteiger partial charge is 0.0541 e. The van der Waals surface area contributed by atoms with Crippen LogP contribution in [-0.4, -0.2) is 16.7 Å². The van der Waals surface area contributed by atoms with Gasteiger partial charge in [-0.1, -0.05) is 44.2 Å². The third-order valence-electron chi connectivity index (χ3n) is 4.33. The molecule has 1 fully saturated rings. The average Bonchev–Trinajstić information content (AvgIpc) is 2.34. The van der Waals surface area contributed by atoms with Crippen LogP contribution in [0.3, 0.4) is 0 Å². The molecule has 1 unspecified atom stereocenters. The Balaban J connectivity index is 2.25. The van der Waals surface area contributed by atoms with E-state index >= 15 is 0 Å². The number of hydrogen-bond donors (Lipinski definition) is 2. The van der Waals surface area contributed by atoms with E-state index in [1.165, 1.54) is 5.56 Å². The topological polar surface area (TPSA) is 46.2 Å². The summed E-state index contributed by atoms with van der Waals surface area (Å²) >= 11 is 0. The van der Waals surface area contributed by atoms with Crippen molar-refractivity contribution in [1.29, 1.82) is 0 Å². The zero-order valence-electron chi connectivity index (χ0n) is 11.5. The minimum absolute atomic E-state index is 0.148. The Labute approximate surface area is 110 Å². The fraction of sp³-hybridized carbons (Fsp3) is 0.625. The van der Waals surface area contributed by atoms with Crippen molar-refractivity contribution in [2.45, 2.75) is 57.1 Å². The molecule has 0 saturated heterocycles. The summed E-state index contributed by atoms with van der Waals surface area (Å²) in [6.45, 7) is 4.49. The lowest BCUT2D eigenvalue weighted by Crippen LogP contribution is -2.50. The lowest BCUT2D eigenvalue weighted by Gasteiger charge is -2.44. The van der Waals surface area contributed by atoms with Crippen molar-refractivity contribution >= 4 is 0 Å². The van der Waals surface area contributed by atoms with E-state index in [0.29, 0.717) is 11.8 Å². The molecule has 2 rings (SSSR count). The normalized spacial score (nSPS) is 30.4. The summed E-state index contributed by atoms with van der Waals surface area (Å²) in [4.78, 5) is 0. The molecule has 1 atom stereocenters. The van der Waals surface area contributed by atoms with Crippen LogP contribution in [0.1, 0.15) is 51.0 Å². The molecule has 1 aromatic rings. The molecular formula is C16H25NO.